The van der Waals surface area contributed by atoms with Crippen LogP contribution in [0.5, 0.6) is 5.75 Å². The summed E-state index contributed by atoms with van der Waals surface area (Å²) in [5, 5.41) is 41.2. The second-order valence-corrected chi connectivity index (χ2v) is 9.00. The van der Waals surface area contributed by atoms with Gasteiger partial charge in [0.1, 0.15) is 17.2 Å². The normalized spacial score (nSPS) is 13.8. The Morgan fingerprint density at radius 2 is 1.80 bits per heavy atom. The molecule has 210 valence electrons. The first-order chi connectivity index (χ1) is 19.3. The fourth-order valence-corrected chi connectivity index (χ4v) is 4.46. The molecule has 14 heteroatoms. The molecule has 4 heterocycles. The molecule has 6 N–H and O–H groups in total. The number of fused-ring (bicyclic) bond motifs is 1. The number of ether oxygens (including phenoxy) is 2. The van der Waals surface area contributed by atoms with E-state index in [4.69, 9.17) is 9.47 Å². The van der Waals surface area contributed by atoms with Crippen LogP contribution >= 0.6 is 0 Å². The molecule has 1 aromatic carbocycles. The van der Waals surface area contributed by atoms with E-state index in [0.717, 1.165) is 29.7 Å². The molecule has 0 radical (unpaired) electrons. The van der Waals surface area contributed by atoms with E-state index in [1.54, 1.807) is 34.5 Å². The molecule has 1 aliphatic heterocycles. The van der Waals surface area contributed by atoms with Gasteiger partial charge in [-0.15, -0.1) is 0 Å². The van der Waals surface area contributed by atoms with Crippen molar-refractivity contribution >= 4 is 45.5 Å². The van der Waals surface area contributed by atoms with Crippen LogP contribution in [0, 0.1) is 0 Å². The number of carbonyl (C=O) groups excluding carboxylic acids is 1. The zero-order valence-corrected chi connectivity index (χ0v) is 22.0. The van der Waals surface area contributed by atoms with Crippen molar-refractivity contribution in [3.05, 3.63) is 54.5 Å². The molecule has 3 aromatic heterocycles. The van der Waals surface area contributed by atoms with Gasteiger partial charge in [-0.05, 0) is 31.2 Å². The highest BCUT2D eigenvalue weighted by Gasteiger charge is 2.25. The number of methoxy groups -OCH3 is 1. The Morgan fingerprint density at radius 1 is 1.02 bits per heavy atom. The summed E-state index contributed by atoms with van der Waals surface area (Å²) in [4.78, 5) is 23.7. The fourth-order valence-electron chi connectivity index (χ4n) is 4.46. The van der Waals surface area contributed by atoms with Gasteiger partial charge in [0.2, 0.25) is 0 Å². The third-order valence-electron chi connectivity index (χ3n) is 6.34. The maximum atomic E-state index is 12.8. The molecule has 0 spiro atoms. The molecule has 0 saturated carbocycles. The molecule has 0 bridgehead atoms. The van der Waals surface area contributed by atoms with Gasteiger partial charge in [0.15, 0.2) is 5.75 Å². The largest absolute Gasteiger partial charge is 0.492 e. The number of hydrogen-bond acceptors (Lipinski definition) is 12. The highest BCUT2D eigenvalue weighted by Crippen LogP contribution is 2.36. The monoisotopic (exact) mass is 550 g/mol. The van der Waals surface area contributed by atoms with Gasteiger partial charge in [0.05, 0.1) is 55.3 Å². The number of nitrogens with zero attached hydrogens (tertiary/aromatic N) is 5. The summed E-state index contributed by atoms with van der Waals surface area (Å²) in [6, 6.07) is 8.96. The zero-order valence-electron chi connectivity index (χ0n) is 22.0. The van der Waals surface area contributed by atoms with E-state index in [9.17, 15) is 20.1 Å². The highest BCUT2D eigenvalue weighted by molar-refractivity contribution is 6.01. The van der Waals surface area contributed by atoms with Gasteiger partial charge in [0.25, 0.3) is 5.91 Å². The maximum absolute atomic E-state index is 12.8. The summed E-state index contributed by atoms with van der Waals surface area (Å²) >= 11 is 0. The van der Waals surface area contributed by atoms with Crippen molar-refractivity contribution in [3.8, 4) is 5.75 Å². The van der Waals surface area contributed by atoms with Gasteiger partial charge in [-0.25, -0.2) is 9.97 Å². The average molecular weight is 551 g/mol. The molecule has 5 rings (SSSR count). The van der Waals surface area contributed by atoms with Gasteiger partial charge in [0, 0.05) is 37.3 Å². The van der Waals surface area contributed by atoms with Crippen LogP contribution in [0.3, 0.4) is 0 Å². The summed E-state index contributed by atoms with van der Waals surface area (Å²) < 4.78 is 12.9. The molecule has 1 aliphatic rings. The Bertz CT molecular complexity index is 1500. The summed E-state index contributed by atoms with van der Waals surface area (Å²) in [7, 11) is 1.53. The first-order valence-electron chi connectivity index (χ1n) is 12.6. The number of morpholine rings is 1. The number of nitrogens with one attached hydrogen (secondary N) is 3. The van der Waals surface area contributed by atoms with Crippen molar-refractivity contribution < 1.29 is 29.6 Å². The van der Waals surface area contributed by atoms with Crippen molar-refractivity contribution in [2.24, 2.45) is 0 Å². The lowest BCUT2D eigenvalue weighted by Gasteiger charge is -2.28. The van der Waals surface area contributed by atoms with E-state index < -0.39 is 12.0 Å². The third kappa shape index (κ3) is 5.89. The van der Waals surface area contributed by atoms with Crippen molar-refractivity contribution in [1.29, 1.82) is 0 Å². The van der Waals surface area contributed by atoms with E-state index in [1.807, 2.05) is 25.1 Å². The van der Waals surface area contributed by atoms with Gasteiger partial charge < -0.3 is 40.3 Å². The molecule has 4 aromatic rings. The van der Waals surface area contributed by atoms with Crippen LogP contribution in [0.4, 0.5) is 28.7 Å². The van der Waals surface area contributed by atoms with Gasteiger partial charge in [-0.1, -0.05) is 0 Å². The van der Waals surface area contributed by atoms with Crippen LogP contribution in [0.2, 0.25) is 0 Å². The van der Waals surface area contributed by atoms with E-state index in [0.29, 0.717) is 42.8 Å². The summed E-state index contributed by atoms with van der Waals surface area (Å²) in [6.45, 7) is 5.49. The number of aryl methyl sites for hydroxylation is 1. The summed E-state index contributed by atoms with van der Waals surface area (Å²) in [5.41, 5.74) is 2.43. The molecular weight excluding hydrogens is 520 g/mol. The Morgan fingerprint density at radius 3 is 2.48 bits per heavy atom. The zero-order chi connectivity index (χ0) is 28.3. The number of pyridine rings is 2. The van der Waals surface area contributed by atoms with E-state index in [2.05, 4.69) is 30.6 Å². The minimum Gasteiger partial charge on any atom is -0.492 e. The molecule has 0 aliphatic carbocycles. The molecule has 0 atom stereocenters. The van der Waals surface area contributed by atoms with Crippen molar-refractivity contribution in [2.45, 2.75) is 19.6 Å². The lowest BCUT2D eigenvalue weighted by atomic mass is 10.1. The van der Waals surface area contributed by atoms with Gasteiger partial charge >= 0.3 is 6.10 Å². The number of rotatable bonds is 9. The number of hydrogen-bond donors (Lipinski definition) is 6. The van der Waals surface area contributed by atoms with Crippen LogP contribution < -0.4 is 25.6 Å². The predicted octanol–water partition coefficient (Wildman–Crippen LogP) is 1.50. The highest BCUT2D eigenvalue weighted by atomic mass is 16.7. The molecular formula is C26H30N8O6. The molecule has 1 amide bonds. The number of amides is 1. The number of aliphatic hydroxyl groups is 3. The Labute approximate surface area is 229 Å². The summed E-state index contributed by atoms with van der Waals surface area (Å²) in [5.74, 6) is 0.391. The minimum absolute atomic E-state index is 0.0751. The van der Waals surface area contributed by atoms with Crippen LogP contribution in [-0.2, 0) is 11.3 Å². The second kappa shape index (κ2) is 11.3. The van der Waals surface area contributed by atoms with Gasteiger partial charge in [-0.2, -0.15) is 5.10 Å². The van der Waals surface area contributed by atoms with E-state index in [1.165, 1.54) is 13.3 Å². The van der Waals surface area contributed by atoms with E-state index >= 15 is 0 Å². The fraction of sp³-hybridized carbons (Fsp3) is 0.308. The smallest absolute Gasteiger partial charge is 0.369 e. The maximum Gasteiger partial charge on any atom is 0.369 e. The van der Waals surface area contributed by atoms with E-state index in [-0.39, 0.29) is 11.3 Å². The molecule has 1 fully saturated rings. The number of benzene rings is 1. The SMILES string of the molecule is CCn1ncc2ccc(Nc3cc(Nc4ccc(N5CCOCC5)cn4)ncc3C(=O)NC(O)(O)O)c(OC)c21. The molecule has 0 unspecified atom stereocenters. The average Bonchev–Trinajstić information content (AvgIpc) is 3.36. The predicted molar refractivity (Wildman–Crippen MR) is 147 cm³/mol. The van der Waals surface area contributed by atoms with Crippen molar-refractivity contribution in [3.63, 3.8) is 0 Å². The summed E-state index contributed by atoms with van der Waals surface area (Å²) in [6.07, 6.45) is 1.31. The minimum atomic E-state index is -3.42. The molecule has 1 saturated heterocycles. The first-order valence-corrected chi connectivity index (χ1v) is 12.6. The number of aromatic nitrogens is 4. The van der Waals surface area contributed by atoms with Crippen LogP contribution in [0.25, 0.3) is 10.9 Å². The second-order valence-electron chi connectivity index (χ2n) is 9.00. The first kappa shape index (κ1) is 27.1. The van der Waals surface area contributed by atoms with Crippen LogP contribution in [0.15, 0.2) is 48.9 Å². The van der Waals surface area contributed by atoms with Gasteiger partial charge in [-0.3, -0.25) is 14.8 Å². The quantitative estimate of drug-likeness (QED) is 0.166. The topological polar surface area (TPSA) is 179 Å². The number of anilines is 5. The molecule has 40 heavy (non-hydrogen) atoms. The van der Waals surface area contributed by atoms with Crippen LogP contribution in [-0.4, -0.2) is 80.5 Å². The number of carbonyl (C=O) groups is 1. The Balaban J connectivity index is 1.47. The van der Waals surface area contributed by atoms with Crippen LogP contribution in [0.1, 0.15) is 17.3 Å². The van der Waals surface area contributed by atoms with Crippen molar-refractivity contribution in [2.75, 3.05) is 48.9 Å². The molecule has 14 nitrogen and oxygen atoms in total. The van der Waals surface area contributed by atoms with Crippen molar-refractivity contribution in [1.82, 2.24) is 25.1 Å². The lowest BCUT2D eigenvalue weighted by Crippen LogP contribution is -2.48. The Kier molecular flexibility index (Phi) is 7.66. The lowest BCUT2D eigenvalue weighted by molar-refractivity contribution is -0.323. The standard InChI is InChI=1S/C26H30N8O6/c1-3-34-23-16(13-29-34)4-6-19(24(23)39-2)30-20-12-22(28-15-18(20)25(35)32-26(36,37)38)31-21-7-5-17(14-27-21)33-8-10-40-11-9-33/h4-7,12-15,36-38H,3,8-11H2,1-2H3,(H,32,35)(H2,27,28,30,31). The third-order valence-corrected chi connectivity index (χ3v) is 6.34. The Hall–Kier alpha value is -4.50.